The molecule has 1 unspecified atom stereocenters. The first-order chi connectivity index (χ1) is 13.7. The molecule has 2 aromatic rings. The van der Waals surface area contributed by atoms with E-state index in [1.54, 1.807) is 19.1 Å². The smallest absolute Gasteiger partial charge is 0.418 e. The lowest BCUT2D eigenvalue weighted by atomic mass is 10.1. The molecule has 1 aliphatic rings. The maximum atomic E-state index is 13.4. The summed E-state index contributed by atoms with van der Waals surface area (Å²) in [4.78, 5) is 24.1. The van der Waals surface area contributed by atoms with Gasteiger partial charge in [-0.25, -0.2) is 0 Å². The number of ether oxygens (including phenoxy) is 1. The van der Waals surface area contributed by atoms with E-state index in [1.807, 2.05) is 0 Å². The van der Waals surface area contributed by atoms with E-state index in [4.69, 9.17) is 9.15 Å². The zero-order valence-corrected chi connectivity index (χ0v) is 15.5. The largest absolute Gasteiger partial charge is 0.462 e. The molecule has 2 amide bonds. The van der Waals surface area contributed by atoms with E-state index < -0.39 is 35.3 Å². The van der Waals surface area contributed by atoms with E-state index in [9.17, 15) is 22.8 Å². The number of hydrogen-bond donors (Lipinski definition) is 2. The van der Waals surface area contributed by atoms with Crippen LogP contribution in [0.2, 0.25) is 0 Å². The van der Waals surface area contributed by atoms with Gasteiger partial charge in [-0.3, -0.25) is 9.59 Å². The summed E-state index contributed by atoms with van der Waals surface area (Å²) >= 11 is 0. The minimum Gasteiger partial charge on any atom is -0.462 e. The normalized spacial score (nSPS) is 16.9. The molecule has 29 heavy (non-hydrogen) atoms. The van der Waals surface area contributed by atoms with Gasteiger partial charge >= 0.3 is 6.18 Å². The van der Waals surface area contributed by atoms with Crippen LogP contribution in [0.3, 0.4) is 0 Å². The van der Waals surface area contributed by atoms with Crippen molar-refractivity contribution in [2.24, 2.45) is 0 Å². The van der Waals surface area contributed by atoms with E-state index in [0.29, 0.717) is 24.5 Å². The summed E-state index contributed by atoms with van der Waals surface area (Å²) < 4.78 is 50.8. The van der Waals surface area contributed by atoms with Gasteiger partial charge in [0, 0.05) is 18.4 Å². The molecule has 1 saturated heterocycles. The monoisotopic (exact) mass is 408 g/mol. The SMILES string of the molecule is Cc1ccc(/C=C/C(=O)Nc2ccc(NC(=O)C3CCCO3)cc2C(F)(F)F)o1. The van der Waals surface area contributed by atoms with Gasteiger partial charge in [0.25, 0.3) is 5.91 Å². The number of benzene rings is 1. The lowest BCUT2D eigenvalue weighted by molar-refractivity contribution is -0.137. The highest BCUT2D eigenvalue weighted by molar-refractivity contribution is 6.02. The van der Waals surface area contributed by atoms with E-state index in [-0.39, 0.29) is 5.69 Å². The van der Waals surface area contributed by atoms with Crippen LogP contribution in [0.1, 0.15) is 29.9 Å². The molecule has 3 rings (SSSR count). The van der Waals surface area contributed by atoms with Crippen LogP contribution in [0.4, 0.5) is 24.5 Å². The van der Waals surface area contributed by atoms with Crippen molar-refractivity contribution in [3.63, 3.8) is 0 Å². The van der Waals surface area contributed by atoms with Gasteiger partial charge in [-0.05, 0) is 56.2 Å². The zero-order chi connectivity index (χ0) is 21.0. The Morgan fingerprint density at radius 1 is 1.17 bits per heavy atom. The number of aryl methyl sites for hydroxylation is 1. The first-order valence-electron chi connectivity index (χ1n) is 8.91. The summed E-state index contributed by atoms with van der Waals surface area (Å²) in [6, 6.07) is 6.49. The van der Waals surface area contributed by atoms with Crippen LogP contribution in [0.25, 0.3) is 6.08 Å². The number of rotatable bonds is 5. The summed E-state index contributed by atoms with van der Waals surface area (Å²) in [5.41, 5.74) is -1.52. The summed E-state index contributed by atoms with van der Waals surface area (Å²) in [5, 5.41) is 4.63. The molecule has 0 bridgehead atoms. The highest BCUT2D eigenvalue weighted by atomic mass is 19.4. The molecule has 1 aromatic heterocycles. The van der Waals surface area contributed by atoms with Gasteiger partial charge < -0.3 is 19.8 Å². The quantitative estimate of drug-likeness (QED) is 0.720. The molecule has 2 heterocycles. The number of carbonyl (C=O) groups excluding carboxylic acids is 2. The number of nitrogens with one attached hydrogen (secondary N) is 2. The molecule has 0 saturated carbocycles. The molecule has 1 fully saturated rings. The third-order valence-corrected chi connectivity index (χ3v) is 4.23. The van der Waals surface area contributed by atoms with Crippen LogP contribution in [0, 0.1) is 6.92 Å². The highest BCUT2D eigenvalue weighted by Gasteiger charge is 2.34. The molecular weight excluding hydrogens is 389 g/mol. The number of alkyl halides is 3. The Kier molecular flexibility index (Phi) is 6.07. The number of carbonyl (C=O) groups is 2. The van der Waals surface area contributed by atoms with Crippen molar-refractivity contribution in [2.75, 3.05) is 17.2 Å². The maximum Gasteiger partial charge on any atom is 0.418 e. The Hall–Kier alpha value is -3.07. The Bertz CT molecular complexity index is 928. The molecule has 0 aliphatic carbocycles. The van der Waals surface area contributed by atoms with Crippen LogP contribution < -0.4 is 10.6 Å². The number of anilines is 2. The van der Waals surface area contributed by atoms with Gasteiger partial charge in [-0.1, -0.05) is 0 Å². The van der Waals surface area contributed by atoms with Gasteiger partial charge in [0.1, 0.15) is 17.6 Å². The lowest BCUT2D eigenvalue weighted by Gasteiger charge is -2.16. The van der Waals surface area contributed by atoms with Gasteiger partial charge in [0.2, 0.25) is 5.91 Å². The fraction of sp³-hybridized carbons (Fsp3) is 0.300. The van der Waals surface area contributed by atoms with Crippen molar-refractivity contribution < 1.29 is 31.9 Å². The second-order valence-electron chi connectivity index (χ2n) is 6.52. The van der Waals surface area contributed by atoms with Gasteiger partial charge in [-0.15, -0.1) is 0 Å². The van der Waals surface area contributed by atoms with E-state index >= 15 is 0 Å². The molecule has 2 N–H and O–H groups in total. The molecular formula is C20H19F3N2O4. The fourth-order valence-corrected chi connectivity index (χ4v) is 2.85. The third kappa shape index (κ3) is 5.47. The van der Waals surface area contributed by atoms with Crippen LogP contribution in [-0.4, -0.2) is 24.5 Å². The van der Waals surface area contributed by atoms with Crippen LogP contribution in [0.5, 0.6) is 0 Å². The Labute approximate surface area is 164 Å². The van der Waals surface area contributed by atoms with Crippen molar-refractivity contribution in [2.45, 2.75) is 32.0 Å². The van der Waals surface area contributed by atoms with E-state index in [1.165, 1.54) is 12.1 Å². The fourth-order valence-electron chi connectivity index (χ4n) is 2.85. The predicted molar refractivity (Wildman–Crippen MR) is 100 cm³/mol. The van der Waals surface area contributed by atoms with Crippen molar-refractivity contribution in [1.82, 2.24) is 0 Å². The second-order valence-corrected chi connectivity index (χ2v) is 6.52. The minimum absolute atomic E-state index is 0.0302. The Balaban J connectivity index is 1.74. The second kappa shape index (κ2) is 8.52. The number of amides is 2. The van der Waals surface area contributed by atoms with Crippen LogP contribution >= 0.6 is 0 Å². The molecule has 1 aromatic carbocycles. The first-order valence-corrected chi connectivity index (χ1v) is 8.91. The lowest BCUT2D eigenvalue weighted by Crippen LogP contribution is -2.27. The van der Waals surface area contributed by atoms with Gasteiger partial charge in [0.15, 0.2) is 0 Å². The molecule has 1 atom stereocenters. The highest BCUT2D eigenvalue weighted by Crippen LogP contribution is 2.36. The number of furan rings is 1. The van der Waals surface area contributed by atoms with Crippen LogP contribution in [-0.2, 0) is 20.5 Å². The number of hydrogen-bond acceptors (Lipinski definition) is 4. The van der Waals surface area contributed by atoms with Gasteiger partial charge in [-0.2, -0.15) is 13.2 Å². The van der Waals surface area contributed by atoms with Crippen molar-refractivity contribution in [3.05, 3.63) is 53.5 Å². The molecule has 0 radical (unpaired) electrons. The van der Waals surface area contributed by atoms with Crippen molar-refractivity contribution in [1.29, 1.82) is 0 Å². The first kappa shape index (κ1) is 20.7. The average molecular weight is 408 g/mol. The zero-order valence-electron chi connectivity index (χ0n) is 15.5. The summed E-state index contributed by atoms with van der Waals surface area (Å²) in [6.07, 6.45) is -1.72. The summed E-state index contributed by atoms with van der Waals surface area (Å²) in [5.74, 6) is -0.198. The van der Waals surface area contributed by atoms with Crippen molar-refractivity contribution in [3.8, 4) is 0 Å². The van der Waals surface area contributed by atoms with E-state index in [2.05, 4.69) is 10.6 Å². The molecule has 1 aliphatic heterocycles. The Morgan fingerprint density at radius 3 is 2.59 bits per heavy atom. The third-order valence-electron chi connectivity index (χ3n) is 4.23. The molecule has 9 heteroatoms. The Morgan fingerprint density at radius 2 is 1.97 bits per heavy atom. The molecule has 0 spiro atoms. The molecule has 154 valence electrons. The summed E-state index contributed by atoms with van der Waals surface area (Å²) in [7, 11) is 0. The average Bonchev–Trinajstić information content (AvgIpc) is 3.32. The van der Waals surface area contributed by atoms with Crippen LogP contribution in [0.15, 0.2) is 40.8 Å². The standard InChI is InChI=1S/C20H19F3N2O4/c1-12-4-6-14(29-12)7-9-18(26)25-16-8-5-13(11-15(16)20(21,22)23)24-19(27)17-3-2-10-28-17/h4-9,11,17H,2-3,10H2,1H3,(H,24,27)(H,25,26)/b9-7+. The predicted octanol–water partition coefficient (Wildman–Crippen LogP) is 4.38. The molecule has 6 nitrogen and oxygen atoms in total. The summed E-state index contributed by atoms with van der Waals surface area (Å²) in [6.45, 7) is 2.17. The number of halogens is 3. The van der Waals surface area contributed by atoms with Crippen molar-refractivity contribution >= 4 is 29.3 Å². The maximum absolute atomic E-state index is 13.4. The van der Waals surface area contributed by atoms with Gasteiger partial charge in [0.05, 0.1) is 11.3 Å². The topological polar surface area (TPSA) is 80.6 Å². The minimum atomic E-state index is -4.73. The van der Waals surface area contributed by atoms with E-state index in [0.717, 1.165) is 24.6 Å².